The maximum atomic E-state index is 11.6. The van der Waals surface area contributed by atoms with Crippen molar-refractivity contribution in [2.24, 2.45) is 0 Å². The summed E-state index contributed by atoms with van der Waals surface area (Å²) >= 11 is 0. The van der Waals surface area contributed by atoms with E-state index in [2.05, 4.69) is 26.1 Å². The van der Waals surface area contributed by atoms with Gasteiger partial charge in [0.2, 0.25) is 11.6 Å². The van der Waals surface area contributed by atoms with Gasteiger partial charge in [0.1, 0.15) is 6.33 Å². The number of nitro groups is 1. The van der Waals surface area contributed by atoms with Crippen LogP contribution in [0.25, 0.3) is 0 Å². The highest BCUT2D eigenvalue weighted by molar-refractivity contribution is 5.95. The molecule has 3 N–H and O–H groups in total. The Labute approximate surface area is 154 Å². The van der Waals surface area contributed by atoms with E-state index in [0.29, 0.717) is 16.9 Å². The molecule has 27 heavy (non-hydrogen) atoms. The minimum Gasteiger partial charge on any atom is -0.334 e. The Morgan fingerprint density at radius 2 is 1.67 bits per heavy atom. The first-order chi connectivity index (χ1) is 13.0. The molecule has 0 aliphatic heterocycles. The molecule has 3 rings (SSSR count). The second-order valence-corrected chi connectivity index (χ2v) is 5.55. The number of ketones is 1. The zero-order valence-corrected chi connectivity index (χ0v) is 14.3. The van der Waals surface area contributed by atoms with E-state index in [1.807, 2.05) is 18.2 Å². The van der Waals surface area contributed by atoms with Crippen LogP contribution in [0, 0.1) is 10.1 Å². The molecule has 9 heteroatoms. The summed E-state index contributed by atoms with van der Waals surface area (Å²) in [4.78, 5) is 30.4. The third kappa shape index (κ3) is 4.34. The topological polar surface area (TPSA) is 122 Å². The zero-order valence-electron chi connectivity index (χ0n) is 14.3. The number of carbonyl (C=O) groups excluding carboxylic acids is 1. The first-order valence-corrected chi connectivity index (χ1v) is 7.99. The minimum atomic E-state index is -0.577. The lowest BCUT2D eigenvalue weighted by atomic mass is 10.1. The van der Waals surface area contributed by atoms with Gasteiger partial charge in [0, 0.05) is 11.3 Å². The van der Waals surface area contributed by atoms with Crippen molar-refractivity contribution in [2.75, 3.05) is 16.2 Å². The van der Waals surface area contributed by atoms with Crippen molar-refractivity contribution in [1.29, 1.82) is 0 Å². The number of Topliss-reactive ketones (excluding diaryl/α,β-unsaturated/α-hetero) is 1. The average molecular weight is 364 g/mol. The lowest BCUT2D eigenvalue weighted by Crippen LogP contribution is -2.13. The molecular formula is C18H16N6O3. The van der Waals surface area contributed by atoms with Gasteiger partial charge in [-0.2, -0.15) is 0 Å². The van der Waals surface area contributed by atoms with Crippen LogP contribution in [0.3, 0.4) is 0 Å². The van der Waals surface area contributed by atoms with Gasteiger partial charge in [-0.25, -0.2) is 9.97 Å². The summed E-state index contributed by atoms with van der Waals surface area (Å²) in [6, 6.07) is 15.7. The van der Waals surface area contributed by atoms with Gasteiger partial charge in [0.05, 0.1) is 10.6 Å². The number of aromatic nitrogens is 2. The van der Waals surface area contributed by atoms with Crippen LogP contribution >= 0.6 is 0 Å². The summed E-state index contributed by atoms with van der Waals surface area (Å²) in [5.41, 5.74) is 6.97. The second kappa shape index (κ2) is 7.91. The zero-order chi connectivity index (χ0) is 19.2. The molecule has 0 aliphatic rings. The van der Waals surface area contributed by atoms with Crippen LogP contribution in [0.1, 0.15) is 17.3 Å². The summed E-state index contributed by atoms with van der Waals surface area (Å²) in [7, 11) is 0. The highest BCUT2D eigenvalue weighted by atomic mass is 16.6. The van der Waals surface area contributed by atoms with Crippen molar-refractivity contribution in [2.45, 2.75) is 6.92 Å². The van der Waals surface area contributed by atoms with Gasteiger partial charge in [-0.1, -0.05) is 30.3 Å². The number of carbonyl (C=O) groups is 1. The van der Waals surface area contributed by atoms with Gasteiger partial charge in [-0.3, -0.25) is 25.8 Å². The van der Waals surface area contributed by atoms with Crippen LogP contribution in [-0.2, 0) is 0 Å². The molecule has 1 aromatic heterocycles. The quantitative estimate of drug-likeness (QED) is 0.329. The summed E-state index contributed by atoms with van der Waals surface area (Å²) in [6.45, 7) is 1.45. The third-order valence-corrected chi connectivity index (χ3v) is 3.64. The van der Waals surface area contributed by atoms with E-state index in [1.165, 1.54) is 13.3 Å². The fourth-order valence-corrected chi connectivity index (χ4v) is 2.34. The predicted molar refractivity (Wildman–Crippen MR) is 102 cm³/mol. The lowest BCUT2D eigenvalue weighted by Gasteiger charge is -2.12. The highest BCUT2D eigenvalue weighted by Gasteiger charge is 2.23. The molecule has 0 saturated heterocycles. The monoisotopic (exact) mass is 364 g/mol. The Morgan fingerprint density at radius 1 is 0.963 bits per heavy atom. The normalized spacial score (nSPS) is 10.1. The molecule has 0 atom stereocenters. The van der Waals surface area contributed by atoms with E-state index in [-0.39, 0.29) is 23.1 Å². The molecule has 0 spiro atoms. The fourth-order valence-electron chi connectivity index (χ4n) is 2.34. The van der Waals surface area contributed by atoms with Crippen molar-refractivity contribution in [3.8, 4) is 0 Å². The van der Waals surface area contributed by atoms with Crippen molar-refractivity contribution in [1.82, 2.24) is 9.97 Å². The van der Waals surface area contributed by atoms with Crippen molar-refractivity contribution in [3.05, 3.63) is 76.6 Å². The number of nitrogens with zero attached hydrogens (tertiary/aromatic N) is 3. The summed E-state index contributed by atoms with van der Waals surface area (Å²) in [5.74, 6) is -0.0950. The number of hydrogen-bond donors (Lipinski definition) is 3. The maximum absolute atomic E-state index is 11.6. The largest absolute Gasteiger partial charge is 0.355 e. The molecule has 9 nitrogen and oxygen atoms in total. The molecular weight excluding hydrogens is 348 g/mol. The van der Waals surface area contributed by atoms with Crippen LogP contribution in [0.4, 0.5) is 28.7 Å². The van der Waals surface area contributed by atoms with Gasteiger partial charge in [-0.05, 0) is 31.2 Å². The summed E-state index contributed by atoms with van der Waals surface area (Å²) < 4.78 is 0. The van der Waals surface area contributed by atoms with Gasteiger partial charge in [0.15, 0.2) is 5.78 Å². The van der Waals surface area contributed by atoms with E-state index >= 15 is 0 Å². The van der Waals surface area contributed by atoms with E-state index in [1.54, 1.807) is 36.4 Å². The van der Waals surface area contributed by atoms with Gasteiger partial charge in [-0.15, -0.1) is 0 Å². The molecule has 136 valence electrons. The predicted octanol–water partition coefficient (Wildman–Crippen LogP) is 3.77. The number of hydrazine groups is 1. The SMILES string of the molecule is CC(=O)c1cccc(Nc2ncnc(NNc3ccccc3)c2[N+](=O)[O-])c1. The van der Waals surface area contributed by atoms with Crippen LogP contribution in [0.2, 0.25) is 0 Å². The number of hydrogen-bond acceptors (Lipinski definition) is 8. The molecule has 0 radical (unpaired) electrons. The second-order valence-electron chi connectivity index (χ2n) is 5.55. The van der Waals surface area contributed by atoms with E-state index < -0.39 is 4.92 Å². The smallest absolute Gasteiger partial charge is 0.334 e. The molecule has 1 heterocycles. The van der Waals surface area contributed by atoms with Crippen LogP contribution in [0.15, 0.2) is 60.9 Å². The van der Waals surface area contributed by atoms with Crippen LogP contribution in [-0.4, -0.2) is 20.7 Å². The molecule has 0 bridgehead atoms. The number of rotatable bonds is 7. The van der Waals surface area contributed by atoms with Crippen molar-refractivity contribution >= 4 is 34.5 Å². The van der Waals surface area contributed by atoms with E-state index in [9.17, 15) is 14.9 Å². The number of nitrogens with one attached hydrogen (secondary N) is 3. The molecule has 0 fully saturated rings. The van der Waals surface area contributed by atoms with Gasteiger partial charge < -0.3 is 5.32 Å². The molecule has 0 saturated carbocycles. The Morgan fingerprint density at radius 3 is 2.37 bits per heavy atom. The molecule has 3 aromatic rings. The van der Waals surface area contributed by atoms with E-state index in [4.69, 9.17) is 0 Å². The molecule has 0 unspecified atom stereocenters. The summed E-state index contributed by atoms with van der Waals surface area (Å²) in [5, 5.41) is 14.5. The first-order valence-electron chi connectivity index (χ1n) is 7.99. The molecule has 2 aromatic carbocycles. The Bertz CT molecular complexity index is 978. The Balaban J connectivity index is 1.88. The highest BCUT2D eigenvalue weighted by Crippen LogP contribution is 2.31. The number of anilines is 4. The Kier molecular flexibility index (Phi) is 5.22. The van der Waals surface area contributed by atoms with E-state index in [0.717, 1.165) is 0 Å². The first kappa shape index (κ1) is 17.8. The summed E-state index contributed by atoms with van der Waals surface area (Å²) in [6.07, 6.45) is 1.21. The average Bonchev–Trinajstić information content (AvgIpc) is 2.67. The van der Waals surface area contributed by atoms with Crippen LogP contribution in [0.5, 0.6) is 0 Å². The minimum absolute atomic E-state index is 0.00377. The van der Waals surface area contributed by atoms with Crippen LogP contribution < -0.4 is 16.2 Å². The molecule has 0 amide bonds. The maximum Gasteiger partial charge on any atom is 0.355 e. The number of benzene rings is 2. The van der Waals surface area contributed by atoms with Crippen molar-refractivity contribution < 1.29 is 9.72 Å². The molecule has 0 aliphatic carbocycles. The lowest BCUT2D eigenvalue weighted by molar-refractivity contribution is -0.383. The van der Waals surface area contributed by atoms with Gasteiger partial charge in [0.25, 0.3) is 0 Å². The van der Waals surface area contributed by atoms with Gasteiger partial charge >= 0.3 is 5.69 Å². The third-order valence-electron chi connectivity index (χ3n) is 3.64. The Hall–Kier alpha value is -4.01. The number of para-hydroxylation sites is 1. The standard InChI is InChI=1S/C18H16N6O3/c1-12(25)13-6-5-9-15(10-13)21-17-16(24(26)27)18(20-11-19-17)23-22-14-7-3-2-4-8-14/h2-11,22H,1H3,(H2,19,20,21,23). The van der Waals surface area contributed by atoms with Crippen molar-refractivity contribution in [3.63, 3.8) is 0 Å². The fraction of sp³-hybridized carbons (Fsp3) is 0.0556.